The number of hydrogen-bond donors (Lipinski definition) is 1. The van der Waals surface area contributed by atoms with E-state index in [9.17, 15) is 0 Å². The highest BCUT2D eigenvalue weighted by Crippen LogP contribution is 2.29. The van der Waals surface area contributed by atoms with Crippen molar-refractivity contribution >= 4 is 0 Å². The van der Waals surface area contributed by atoms with Gasteiger partial charge in [-0.1, -0.05) is 54.9 Å². The maximum absolute atomic E-state index is 3.79. The Bertz CT molecular complexity index is 267. The van der Waals surface area contributed by atoms with Crippen LogP contribution in [0.15, 0.2) is 0 Å². The topological polar surface area (TPSA) is 15.3 Å². The van der Waals surface area contributed by atoms with Crippen LogP contribution in [-0.2, 0) is 0 Å². The first-order chi connectivity index (χ1) is 8.68. The maximum Gasteiger partial charge on any atom is 0.0247 e. The van der Waals surface area contributed by atoms with E-state index in [0.717, 1.165) is 18.4 Å². The van der Waals surface area contributed by atoms with Gasteiger partial charge in [-0.3, -0.25) is 4.90 Å². The van der Waals surface area contributed by atoms with E-state index in [2.05, 4.69) is 65.6 Å². The second kappa shape index (κ2) is 6.58. The first-order valence-electron chi connectivity index (χ1n) is 8.17. The summed E-state index contributed by atoms with van der Waals surface area (Å²) in [5.41, 5.74) is 0.343. The van der Waals surface area contributed by atoms with Crippen LogP contribution >= 0.6 is 0 Å². The standard InChI is InChI=1S/C17H36N2/c1-9-13(4)14(5)19-11-16(17(6,7)8)18-10-15(19)12(2)3/h12-16,18H,9-11H2,1-8H3. The molecule has 19 heavy (non-hydrogen) atoms. The maximum atomic E-state index is 3.79. The van der Waals surface area contributed by atoms with Gasteiger partial charge in [-0.25, -0.2) is 0 Å². The molecule has 1 N–H and O–H groups in total. The van der Waals surface area contributed by atoms with Crippen molar-refractivity contribution in [3.8, 4) is 0 Å². The minimum absolute atomic E-state index is 0.343. The molecule has 4 atom stereocenters. The molecule has 1 aliphatic heterocycles. The van der Waals surface area contributed by atoms with Crippen molar-refractivity contribution in [3.63, 3.8) is 0 Å². The molecule has 0 radical (unpaired) electrons. The summed E-state index contributed by atoms with van der Waals surface area (Å²) in [7, 11) is 0. The fourth-order valence-corrected chi connectivity index (χ4v) is 3.13. The Labute approximate surface area is 121 Å². The first-order valence-corrected chi connectivity index (χ1v) is 8.17. The zero-order valence-corrected chi connectivity index (χ0v) is 14.5. The van der Waals surface area contributed by atoms with E-state index in [1.807, 2.05) is 0 Å². The van der Waals surface area contributed by atoms with Gasteiger partial charge in [-0.15, -0.1) is 0 Å². The van der Waals surface area contributed by atoms with Gasteiger partial charge in [0.15, 0.2) is 0 Å². The van der Waals surface area contributed by atoms with Crippen molar-refractivity contribution in [2.45, 2.75) is 79.9 Å². The van der Waals surface area contributed by atoms with Gasteiger partial charge in [0.05, 0.1) is 0 Å². The van der Waals surface area contributed by atoms with Crippen LogP contribution in [-0.4, -0.2) is 36.1 Å². The molecule has 0 aliphatic carbocycles. The normalized spacial score (nSPS) is 29.5. The van der Waals surface area contributed by atoms with Crippen LogP contribution in [0.1, 0.15) is 61.8 Å². The van der Waals surface area contributed by atoms with Crippen LogP contribution < -0.4 is 5.32 Å². The molecule has 1 fully saturated rings. The van der Waals surface area contributed by atoms with E-state index >= 15 is 0 Å². The highest BCUT2D eigenvalue weighted by molar-refractivity contribution is 4.95. The number of nitrogens with one attached hydrogen (secondary N) is 1. The Morgan fingerprint density at radius 2 is 1.74 bits per heavy atom. The van der Waals surface area contributed by atoms with Crippen molar-refractivity contribution in [1.82, 2.24) is 10.2 Å². The Balaban J connectivity index is 2.85. The lowest BCUT2D eigenvalue weighted by atomic mass is 9.82. The first kappa shape index (κ1) is 17.0. The number of nitrogens with zero attached hydrogens (tertiary/aromatic N) is 1. The Kier molecular flexibility index (Phi) is 5.88. The fraction of sp³-hybridized carbons (Fsp3) is 1.00. The largest absolute Gasteiger partial charge is 0.311 e. The molecule has 0 amide bonds. The molecule has 0 aromatic rings. The van der Waals surface area contributed by atoms with Gasteiger partial charge in [-0.2, -0.15) is 0 Å². The summed E-state index contributed by atoms with van der Waals surface area (Å²) in [6.45, 7) is 21.3. The van der Waals surface area contributed by atoms with Crippen LogP contribution in [0.5, 0.6) is 0 Å². The molecule has 2 nitrogen and oxygen atoms in total. The second-order valence-corrected chi connectivity index (χ2v) is 7.96. The molecule has 1 saturated heterocycles. The van der Waals surface area contributed by atoms with Crippen LogP contribution in [0.2, 0.25) is 0 Å². The molecule has 1 aliphatic rings. The number of hydrogen-bond acceptors (Lipinski definition) is 2. The zero-order chi connectivity index (χ0) is 14.8. The summed E-state index contributed by atoms with van der Waals surface area (Å²) in [5, 5.41) is 3.79. The molecule has 2 heteroatoms. The average Bonchev–Trinajstić information content (AvgIpc) is 2.34. The predicted molar refractivity (Wildman–Crippen MR) is 85.5 cm³/mol. The number of rotatable bonds is 4. The Morgan fingerprint density at radius 1 is 1.16 bits per heavy atom. The molecule has 0 aromatic heterocycles. The van der Waals surface area contributed by atoms with Gasteiger partial charge in [0.2, 0.25) is 0 Å². The summed E-state index contributed by atoms with van der Waals surface area (Å²) < 4.78 is 0. The molecule has 1 heterocycles. The van der Waals surface area contributed by atoms with Gasteiger partial charge in [0.1, 0.15) is 0 Å². The van der Waals surface area contributed by atoms with E-state index < -0.39 is 0 Å². The van der Waals surface area contributed by atoms with Crippen LogP contribution in [0.25, 0.3) is 0 Å². The van der Waals surface area contributed by atoms with E-state index in [-0.39, 0.29) is 0 Å². The summed E-state index contributed by atoms with van der Waals surface area (Å²) >= 11 is 0. The highest BCUT2D eigenvalue weighted by Gasteiger charge is 2.37. The Morgan fingerprint density at radius 3 is 2.16 bits per heavy atom. The van der Waals surface area contributed by atoms with Crippen molar-refractivity contribution in [1.29, 1.82) is 0 Å². The molecular weight excluding hydrogens is 232 g/mol. The lowest BCUT2D eigenvalue weighted by Gasteiger charge is -2.50. The summed E-state index contributed by atoms with van der Waals surface area (Å²) in [5.74, 6) is 1.50. The SMILES string of the molecule is CCC(C)C(C)N1CC(C(C)(C)C)NCC1C(C)C. The average molecular weight is 268 g/mol. The minimum atomic E-state index is 0.343. The van der Waals surface area contributed by atoms with Gasteiger partial charge in [0.25, 0.3) is 0 Å². The third-order valence-corrected chi connectivity index (χ3v) is 5.20. The van der Waals surface area contributed by atoms with Crippen LogP contribution in [0.4, 0.5) is 0 Å². The smallest absolute Gasteiger partial charge is 0.0247 e. The monoisotopic (exact) mass is 268 g/mol. The molecule has 0 spiro atoms. The van der Waals surface area contributed by atoms with Crippen molar-refractivity contribution in [3.05, 3.63) is 0 Å². The van der Waals surface area contributed by atoms with Gasteiger partial charge < -0.3 is 5.32 Å². The van der Waals surface area contributed by atoms with Gasteiger partial charge in [0, 0.05) is 31.2 Å². The third-order valence-electron chi connectivity index (χ3n) is 5.20. The molecule has 0 aromatic carbocycles. The third kappa shape index (κ3) is 4.19. The number of piperazine rings is 1. The zero-order valence-electron chi connectivity index (χ0n) is 14.5. The Hall–Kier alpha value is -0.0800. The molecule has 4 unspecified atom stereocenters. The van der Waals surface area contributed by atoms with E-state index in [0.29, 0.717) is 23.5 Å². The van der Waals surface area contributed by atoms with E-state index in [1.165, 1.54) is 13.0 Å². The summed E-state index contributed by atoms with van der Waals surface area (Å²) in [6, 6.07) is 1.97. The highest BCUT2D eigenvalue weighted by atomic mass is 15.3. The summed E-state index contributed by atoms with van der Waals surface area (Å²) in [4.78, 5) is 2.78. The minimum Gasteiger partial charge on any atom is -0.311 e. The predicted octanol–water partition coefficient (Wildman–Crippen LogP) is 3.77. The molecule has 114 valence electrons. The van der Waals surface area contributed by atoms with Crippen molar-refractivity contribution in [2.24, 2.45) is 17.3 Å². The molecule has 1 rings (SSSR count). The molecule has 0 saturated carbocycles. The van der Waals surface area contributed by atoms with Crippen LogP contribution in [0, 0.1) is 17.3 Å². The quantitative estimate of drug-likeness (QED) is 0.835. The summed E-state index contributed by atoms with van der Waals surface area (Å²) in [6.07, 6.45) is 1.27. The molecule has 0 bridgehead atoms. The van der Waals surface area contributed by atoms with Crippen LogP contribution in [0.3, 0.4) is 0 Å². The van der Waals surface area contributed by atoms with E-state index in [4.69, 9.17) is 0 Å². The lowest BCUT2D eigenvalue weighted by molar-refractivity contribution is 0.0167. The van der Waals surface area contributed by atoms with E-state index in [1.54, 1.807) is 0 Å². The van der Waals surface area contributed by atoms with Crippen molar-refractivity contribution in [2.75, 3.05) is 13.1 Å². The van der Waals surface area contributed by atoms with Gasteiger partial charge in [-0.05, 0) is 24.2 Å². The lowest BCUT2D eigenvalue weighted by Crippen LogP contribution is -2.64. The second-order valence-electron chi connectivity index (χ2n) is 7.96. The molecular formula is C17H36N2. The van der Waals surface area contributed by atoms with Crippen molar-refractivity contribution < 1.29 is 0 Å². The van der Waals surface area contributed by atoms with Gasteiger partial charge >= 0.3 is 0 Å². The fourth-order valence-electron chi connectivity index (χ4n) is 3.13.